The van der Waals surface area contributed by atoms with Crippen molar-refractivity contribution in [1.29, 1.82) is 0 Å². The first kappa shape index (κ1) is 23.7. The predicted molar refractivity (Wildman–Crippen MR) is 116 cm³/mol. The van der Waals surface area contributed by atoms with Crippen LogP contribution in [0.15, 0.2) is 24.3 Å². The van der Waals surface area contributed by atoms with Crippen molar-refractivity contribution < 1.29 is 23.9 Å². The molecule has 1 aliphatic heterocycles. The number of nitrogens with zero attached hydrogens (tertiary/aromatic N) is 2. The first-order chi connectivity index (χ1) is 14.4. The molecule has 0 aliphatic carbocycles. The van der Waals surface area contributed by atoms with Gasteiger partial charge in [-0.15, -0.1) is 0 Å². The van der Waals surface area contributed by atoms with E-state index in [4.69, 9.17) is 21.7 Å². The molecular formula is C20H28N4O5S. The fourth-order valence-electron chi connectivity index (χ4n) is 2.83. The smallest absolute Gasteiger partial charge is 0.306 e. The predicted octanol–water partition coefficient (Wildman–Crippen LogP) is 0.857. The lowest BCUT2D eigenvalue weighted by molar-refractivity contribution is -0.146. The number of carbonyl (C=O) groups excluding carboxylic acids is 3. The van der Waals surface area contributed by atoms with E-state index in [1.807, 2.05) is 7.05 Å². The van der Waals surface area contributed by atoms with Gasteiger partial charge in [0.15, 0.2) is 5.11 Å². The molecule has 1 aromatic rings. The number of hydrogen-bond acceptors (Lipinski definition) is 7. The monoisotopic (exact) mass is 436 g/mol. The Morgan fingerprint density at radius 2 is 1.77 bits per heavy atom. The van der Waals surface area contributed by atoms with Gasteiger partial charge in [0, 0.05) is 39.7 Å². The molecule has 1 saturated heterocycles. The van der Waals surface area contributed by atoms with Crippen LogP contribution >= 0.6 is 12.2 Å². The third kappa shape index (κ3) is 7.69. The Morgan fingerprint density at radius 3 is 2.47 bits per heavy atom. The van der Waals surface area contributed by atoms with Crippen molar-refractivity contribution in [3.63, 3.8) is 0 Å². The quantitative estimate of drug-likeness (QED) is 0.352. The van der Waals surface area contributed by atoms with Crippen molar-refractivity contribution in [2.75, 3.05) is 58.9 Å². The number of amides is 2. The summed E-state index contributed by atoms with van der Waals surface area (Å²) in [6.07, 6.45) is -0.119. The second kappa shape index (κ2) is 12.2. The second-order valence-electron chi connectivity index (χ2n) is 6.86. The van der Waals surface area contributed by atoms with Gasteiger partial charge in [-0.1, -0.05) is 12.1 Å². The minimum Gasteiger partial charge on any atom is -0.463 e. The molecule has 30 heavy (non-hydrogen) atoms. The summed E-state index contributed by atoms with van der Waals surface area (Å²) in [4.78, 5) is 40.4. The van der Waals surface area contributed by atoms with Crippen LogP contribution in [0.2, 0.25) is 0 Å². The third-order valence-corrected chi connectivity index (χ3v) is 4.76. The Morgan fingerprint density at radius 1 is 1.07 bits per heavy atom. The molecule has 10 heteroatoms. The van der Waals surface area contributed by atoms with E-state index >= 15 is 0 Å². The van der Waals surface area contributed by atoms with Gasteiger partial charge in [0.1, 0.15) is 6.61 Å². The van der Waals surface area contributed by atoms with Crippen molar-refractivity contribution in [1.82, 2.24) is 15.1 Å². The van der Waals surface area contributed by atoms with Crippen molar-refractivity contribution >= 4 is 40.8 Å². The number of anilines is 1. The second-order valence-corrected chi connectivity index (χ2v) is 7.26. The van der Waals surface area contributed by atoms with Crippen molar-refractivity contribution in [2.45, 2.75) is 12.8 Å². The van der Waals surface area contributed by atoms with E-state index < -0.39 is 11.9 Å². The maximum atomic E-state index is 12.9. The summed E-state index contributed by atoms with van der Waals surface area (Å²) in [5, 5.41) is 5.49. The van der Waals surface area contributed by atoms with Gasteiger partial charge < -0.3 is 29.9 Å². The van der Waals surface area contributed by atoms with Crippen LogP contribution in [0, 0.1) is 0 Å². The van der Waals surface area contributed by atoms with Gasteiger partial charge in [-0.25, -0.2) is 0 Å². The Hall–Kier alpha value is -2.56. The molecule has 1 aliphatic rings. The van der Waals surface area contributed by atoms with Gasteiger partial charge in [0.05, 0.1) is 24.3 Å². The SMILES string of the molecule is COCCOC(=O)CCC(=O)NC(=S)Nc1ccccc1C(=O)N1CCN(C)CC1. The van der Waals surface area contributed by atoms with Gasteiger partial charge in [0.25, 0.3) is 5.91 Å². The fraction of sp³-hybridized carbons (Fsp3) is 0.500. The lowest BCUT2D eigenvalue weighted by atomic mass is 10.1. The fourth-order valence-corrected chi connectivity index (χ4v) is 3.05. The number of nitrogens with one attached hydrogen (secondary N) is 2. The maximum absolute atomic E-state index is 12.9. The number of rotatable bonds is 8. The number of ether oxygens (including phenoxy) is 2. The zero-order valence-corrected chi connectivity index (χ0v) is 18.1. The highest BCUT2D eigenvalue weighted by molar-refractivity contribution is 7.80. The molecular weight excluding hydrogens is 408 g/mol. The average Bonchev–Trinajstić information content (AvgIpc) is 2.73. The molecule has 164 valence electrons. The van der Waals surface area contributed by atoms with Gasteiger partial charge >= 0.3 is 5.97 Å². The Kier molecular flexibility index (Phi) is 9.65. The third-order valence-electron chi connectivity index (χ3n) is 4.56. The van der Waals surface area contributed by atoms with Crippen LogP contribution in [-0.4, -0.2) is 86.2 Å². The van der Waals surface area contributed by atoms with E-state index in [0.717, 1.165) is 13.1 Å². The van der Waals surface area contributed by atoms with Crippen LogP contribution in [0.5, 0.6) is 0 Å². The van der Waals surface area contributed by atoms with Crippen LogP contribution in [-0.2, 0) is 19.1 Å². The molecule has 0 unspecified atom stereocenters. The topological polar surface area (TPSA) is 100 Å². The molecule has 1 heterocycles. The Labute approximate surface area is 181 Å². The van der Waals surface area contributed by atoms with E-state index in [-0.39, 0.29) is 30.5 Å². The van der Waals surface area contributed by atoms with Crippen molar-refractivity contribution in [3.05, 3.63) is 29.8 Å². The van der Waals surface area contributed by atoms with Gasteiger partial charge in [-0.3, -0.25) is 14.4 Å². The standard InChI is InChI=1S/C20H28N4O5S/c1-23-9-11-24(12-10-23)19(27)15-5-3-4-6-16(15)21-20(30)22-17(25)7-8-18(26)29-14-13-28-2/h3-6H,7-14H2,1-2H3,(H2,21,22,25,30). The summed E-state index contributed by atoms with van der Waals surface area (Å²) in [5.41, 5.74) is 1.01. The minimum atomic E-state index is -0.482. The normalized spacial score (nSPS) is 14.1. The van der Waals surface area contributed by atoms with Crippen LogP contribution in [0.25, 0.3) is 0 Å². The maximum Gasteiger partial charge on any atom is 0.306 e. The molecule has 0 radical (unpaired) electrons. The van der Waals surface area contributed by atoms with Crippen molar-refractivity contribution in [3.8, 4) is 0 Å². The lowest BCUT2D eigenvalue weighted by Gasteiger charge is -2.32. The zero-order chi connectivity index (χ0) is 21.9. The minimum absolute atomic E-state index is 0.0589. The van der Waals surface area contributed by atoms with Gasteiger partial charge in [0.2, 0.25) is 5.91 Å². The highest BCUT2D eigenvalue weighted by Crippen LogP contribution is 2.18. The van der Waals surface area contributed by atoms with Crippen LogP contribution in [0.3, 0.4) is 0 Å². The number of para-hydroxylation sites is 1. The van der Waals surface area contributed by atoms with Crippen LogP contribution < -0.4 is 10.6 Å². The van der Waals surface area contributed by atoms with Crippen LogP contribution in [0.4, 0.5) is 5.69 Å². The first-order valence-corrected chi connectivity index (χ1v) is 10.1. The molecule has 2 amide bonds. The lowest BCUT2D eigenvalue weighted by Crippen LogP contribution is -2.47. The van der Waals surface area contributed by atoms with Gasteiger partial charge in [-0.05, 0) is 31.4 Å². The molecule has 2 rings (SSSR count). The highest BCUT2D eigenvalue weighted by Gasteiger charge is 2.22. The van der Waals surface area contributed by atoms with E-state index in [1.54, 1.807) is 29.2 Å². The molecule has 0 saturated carbocycles. The average molecular weight is 437 g/mol. The first-order valence-electron chi connectivity index (χ1n) is 9.73. The number of carbonyl (C=O) groups is 3. The largest absolute Gasteiger partial charge is 0.463 e. The van der Waals surface area contributed by atoms with Crippen LogP contribution in [0.1, 0.15) is 23.2 Å². The number of thiocarbonyl (C=S) groups is 1. The zero-order valence-electron chi connectivity index (χ0n) is 17.3. The molecule has 2 N–H and O–H groups in total. The molecule has 9 nitrogen and oxygen atoms in total. The number of esters is 1. The molecule has 0 bridgehead atoms. The number of hydrogen-bond donors (Lipinski definition) is 2. The van der Waals surface area contributed by atoms with Crippen molar-refractivity contribution in [2.24, 2.45) is 0 Å². The molecule has 0 atom stereocenters. The number of methoxy groups -OCH3 is 1. The summed E-state index contributed by atoms with van der Waals surface area (Å²) < 4.78 is 9.69. The summed E-state index contributed by atoms with van der Waals surface area (Å²) in [6.45, 7) is 3.41. The Balaban J connectivity index is 1.86. The number of piperazine rings is 1. The summed E-state index contributed by atoms with van der Waals surface area (Å²) in [6, 6.07) is 7.02. The van der Waals surface area contributed by atoms with E-state index in [9.17, 15) is 14.4 Å². The van der Waals surface area contributed by atoms with E-state index in [1.165, 1.54) is 7.11 Å². The highest BCUT2D eigenvalue weighted by atomic mass is 32.1. The number of likely N-dealkylation sites (N-methyl/N-ethyl adjacent to an activating group) is 1. The molecule has 1 aromatic carbocycles. The molecule has 0 spiro atoms. The molecule has 1 fully saturated rings. The molecule has 0 aromatic heterocycles. The number of benzene rings is 1. The summed E-state index contributed by atoms with van der Waals surface area (Å²) in [5.74, 6) is -0.984. The van der Waals surface area contributed by atoms with Gasteiger partial charge in [-0.2, -0.15) is 0 Å². The van der Waals surface area contributed by atoms with E-state index in [0.29, 0.717) is 30.9 Å². The summed E-state index contributed by atoms with van der Waals surface area (Å²) in [7, 11) is 3.53. The Bertz CT molecular complexity index is 765. The summed E-state index contributed by atoms with van der Waals surface area (Å²) >= 11 is 5.19. The van der Waals surface area contributed by atoms with E-state index in [2.05, 4.69) is 15.5 Å².